The van der Waals surface area contributed by atoms with Crippen LogP contribution in [0.4, 0.5) is 5.69 Å². The predicted octanol–water partition coefficient (Wildman–Crippen LogP) is 2.88. The number of imidazole rings is 1. The van der Waals surface area contributed by atoms with Gasteiger partial charge in [0.1, 0.15) is 11.5 Å². The molecule has 0 amide bonds. The summed E-state index contributed by atoms with van der Waals surface area (Å²) in [4.78, 5) is 15.0. The second-order valence-electron chi connectivity index (χ2n) is 4.07. The zero-order chi connectivity index (χ0) is 13.8. The lowest BCUT2D eigenvalue weighted by molar-refractivity contribution is -0.385. The summed E-state index contributed by atoms with van der Waals surface area (Å²) < 4.78 is 7.13. The van der Waals surface area contributed by atoms with Gasteiger partial charge in [-0.3, -0.25) is 14.7 Å². The van der Waals surface area contributed by atoms with Gasteiger partial charge in [0.25, 0.3) is 0 Å². The average molecular weight is 261 g/mol. The summed E-state index contributed by atoms with van der Waals surface area (Å²) in [7, 11) is 0. The number of rotatable bonds is 5. The molecular weight excluding hydrogens is 246 g/mol. The number of aromatic nitrogens is 2. The minimum absolute atomic E-state index is 0.0305. The van der Waals surface area contributed by atoms with Crippen LogP contribution in [0, 0.1) is 17.0 Å². The van der Waals surface area contributed by atoms with Crippen LogP contribution >= 0.6 is 0 Å². The van der Waals surface area contributed by atoms with Crippen LogP contribution in [0.1, 0.15) is 19.2 Å². The Kier molecular flexibility index (Phi) is 3.79. The van der Waals surface area contributed by atoms with Gasteiger partial charge in [-0.2, -0.15) is 0 Å². The van der Waals surface area contributed by atoms with Gasteiger partial charge in [-0.1, -0.05) is 13.0 Å². The molecule has 0 saturated carbocycles. The summed E-state index contributed by atoms with van der Waals surface area (Å²) in [5.74, 6) is 0.980. The highest BCUT2D eigenvalue weighted by atomic mass is 16.6. The van der Waals surface area contributed by atoms with E-state index in [0.29, 0.717) is 18.1 Å². The summed E-state index contributed by atoms with van der Waals surface area (Å²) in [5, 5.41) is 11.3. The number of para-hydroxylation sites is 1. The van der Waals surface area contributed by atoms with Gasteiger partial charge in [0.2, 0.25) is 0 Å². The largest absolute Gasteiger partial charge is 0.487 e. The fraction of sp³-hybridized carbons (Fsp3) is 0.308. The molecule has 6 nitrogen and oxygen atoms in total. The first-order valence-electron chi connectivity index (χ1n) is 6.05. The van der Waals surface area contributed by atoms with Gasteiger partial charge >= 0.3 is 5.69 Å². The molecule has 0 aliphatic carbocycles. The van der Waals surface area contributed by atoms with E-state index in [9.17, 15) is 10.1 Å². The van der Waals surface area contributed by atoms with E-state index in [1.54, 1.807) is 42.1 Å². The van der Waals surface area contributed by atoms with Crippen LogP contribution in [-0.2, 0) is 0 Å². The summed E-state index contributed by atoms with van der Waals surface area (Å²) in [6.07, 6.45) is 4.10. The molecule has 0 fully saturated rings. The molecule has 0 bridgehead atoms. The van der Waals surface area contributed by atoms with Crippen LogP contribution in [0.5, 0.6) is 5.75 Å². The van der Waals surface area contributed by atoms with Crippen molar-refractivity contribution in [3.8, 4) is 11.4 Å². The van der Waals surface area contributed by atoms with Crippen molar-refractivity contribution in [2.75, 3.05) is 6.61 Å². The molecular formula is C13H15N3O3. The summed E-state index contributed by atoms with van der Waals surface area (Å²) in [6.45, 7) is 4.20. The average Bonchev–Trinajstić information content (AvgIpc) is 2.81. The van der Waals surface area contributed by atoms with Crippen LogP contribution in [0.15, 0.2) is 30.6 Å². The molecule has 2 rings (SSSR count). The number of nitro benzene ring substituents is 1. The maximum atomic E-state index is 11.3. The smallest absolute Gasteiger partial charge is 0.334 e. The molecule has 0 spiro atoms. The van der Waals surface area contributed by atoms with Gasteiger partial charge < -0.3 is 4.74 Å². The quantitative estimate of drug-likeness (QED) is 0.613. The molecule has 1 aromatic carbocycles. The van der Waals surface area contributed by atoms with Crippen molar-refractivity contribution in [1.82, 2.24) is 9.55 Å². The Morgan fingerprint density at radius 2 is 2.26 bits per heavy atom. The van der Waals surface area contributed by atoms with Crippen molar-refractivity contribution in [3.05, 3.63) is 46.5 Å². The lowest BCUT2D eigenvalue weighted by Gasteiger charge is -2.10. The van der Waals surface area contributed by atoms with Gasteiger partial charge in [0.05, 0.1) is 11.5 Å². The summed E-state index contributed by atoms with van der Waals surface area (Å²) in [6, 6.07) is 5.04. The Morgan fingerprint density at radius 1 is 1.47 bits per heavy atom. The Morgan fingerprint density at radius 3 is 2.84 bits per heavy atom. The van der Waals surface area contributed by atoms with Gasteiger partial charge in [0.15, 0.2) is 5.75 Å². The summed E-state index contributed by atoms with van der Waals surface area (Å²) >= 11 is 0. The third-order valence-electron chi connectivity index (χ3n) is 2.71. The molecule has 100 valence electrons. The van der Waals surface area contributed by atoms with E-state index in [4.69, 9.17) is 4.74 Å². The SMILES string of the molecule is CCCOc1cccc(-n2ccnc2C)c1[N+](=O)[O-]. The Bertz CT molecular complexity index is 593. The Balaban J connectivity index is 2.55. The minimum Gasteiger partial charge on any atom is -0.487 e. The van der Waals surface area contributed by atoms with E-state index in [1.165, 1.54) is 0 Å². The van der Waals surface area contributed by atoms with E-state index < -0.39 is 4.92 Å². The lowest BCUT2D eigenvalue weighted by atomic mass is 10.2. The number of aryl methyl sites for hydroxylation is 1. The van der Waals surface area contributed by atoms with Gasteiger partial charge in [0, 0.05) is 12.4 Å². The van der Waals surface area contributed by atoms with Crippen LogP contribution in [0.3, 0.4) is 0 Å². The van der Waals surface area contributed by atoms with E-state index in [-0.39, 0.29) is 11.4 Å². The van der Waals surface area contributed by atoms with Crippen LogP contribution in [0.25, 0.3) is 5.69 Å². The third-order valence-corrected chi connectivity index (χ3v) is 2.71. The molecule has 0 saturated heterocycles. The highest BCUT2D eigenvalue weighted by Gasteiger charge is 2.22. The molecule has 1 aromatic heterocycles. The zero-order valence-electron chi connectivity index (χ0n) is 10.9. The van der Waals surface area contributed by atoms with E-state index in [0.717, 1.165) is 6.42 Å². The number of nitro groups is 1. The van der Waals surface area contributed by atoms with Crippen molar-refractivity contribution < 1.29 is 9.66 Å². The number of hydrogen-bond acceptors (Lipinski definition) is 4. The first-order valence-corrected chi connectivity index (χ1v) is 6.05. The Hall–Kier alpha value is -2.37. The molecule has 0 aliphatic heterocycles. The third kappa shape index (κ3) is 2.57. The molecule has 2 aromatic rings. The highest BCUT2D eigenvalue weighted by molar-refractivity contribution is 5.61. The maximum absolute atomic E-state index is 11.3. The van der Waals surface area contributed by atoms with Crippen molar-refractivity contribution in [3.63, 3.8) is 0 Å². The maximum Gasteiger partial charge on any atom is 0.334 e. The van der Waals surface area contributed by atoms with Crippen molar-refractivity contribution in [2.45, 2.75) is 20.3 Å². The molecule has 0 N–H and O–H groups in total. The number of hydrogen-bond donors (Lipinski definition) is 0. The number of ether oxygens (including phenoxy) is 1. The van der Waals surface area contributed by atoms with Crippen molar-refractivity contribution in [2.24, 2.45) is 0 Å². The molecule has 0 unspecified atom stereocenters. The standard InChI is InChI=1S/C13H15N3O3/c1-3-9-19-12-6-4-5-11(13(12)16(17)18)15-8-7-14-10(15)2/h4-8H,3,9H2,1-2H3. The topological polar surface area (TPSA) is 70.2 Å². The second kappa shape index (κ2) is 5.51. The van der Waals surface area contributed by atoms with Gasteiger partial charge in [-0.25, -0.2) is 4.98 Å². The van der Waals surface area contributed by atoms with Gasteiger partial charge in [-0.15, -0.1) is 0 Å². The minimum atomic E-state index is -0.417. The van der Waals surface area contributed by atoms with Crippen molar-refractivity contribution in [1.29, 1.82) is 0 Å². The number of benzene rings is 1. The number of nitrogens with zero attached hydrogens (tertiary/aromatic N) is 3. The fourth-order valence-electron chi connectivity index (χ4n) is 1.85. The van der Waals surface area contributed by atoms with Crippen LogP contribution in [0.2, 0.25) is 0 Å². The second-order valence-corrected chi connectivity index (χ2v) is 4.07. The summed E-state index contributed by atoms with van der Waals surface area (Å²) in [5.41, 5.74) is 0.436. The van der Waals surface area contributed by atoms with E-state index in [2.05, 4.69) is 4.98 Å². The molecule has 0 atom stereocenters. The van der Waals surface area contributed by atoms with E-state index in [1.807, 2.05) is 6.92 Å². The van der Waals surface area contributed by atoms with Crippen LogP contribution < -0.4 is 4.74 Å². The van der Waals surface area contributed by atoms with E-state index >= 15 is 0 Å². The fourth-order valence-corrected chi connectivity index (χ4v) is 1.85. The van der Waals surface area contributed by atoms with Gasteiger partial charge in [-0.05, 0) is 25.5 Å². The zero-order valence-corrected chi connectivity index (χ0v) is 10.9. The lowest BCUT2D eigenvalue weighted by Crippen LogP contribution is -2.05. The first kappa shape index (κ1) is 13.1. The monoisotopic (exact) mass is 261 g/mol. The highest BCUT2D eigenvalue weighted by Crippen LogP contribution is 2.33. The molecule has 0 aliphatic rings. The predicted molar refractivity (Wildman–Crippen MR) is 70.7 cm³/mol. The molecule has 1 heterocycles. The molecule has 0 radical (unpaired) electrons. The van der Waals surface area contributed by atoms with Crippen LogP contribution in [-0.4, -0.2) is 21.1 Å². The normalized spacial score (nSPS) is 10.4. The first-order chi connectivity index (χ1) is 9.15. The molecule has 19 heavy (non-hydrogen) atoms. The molecule has 6 heteroatoms. The Labute approximate surface area is 110 Å². The van der Waals surface area contributed by atoms with Crippen molar-refractivity contribution >= 4 is 5.69 Å².